The lowest BCUT2D eigenvalue weighted by molar-refractivity contribution is -0.119. The van der Waals surface area contributed by atoms with Gasteiger partial charge in [-0.25, -0.2) is 9.67 Å². The highest BCUT2D eigenvalue weighted by Gasteiger charge is 2.14. The fourth-order valence-electron chi connectivity index (χ4n) is 2.89. The number of ketones is 1. The molecule has 0 bridgehead atoms. The van der Waals surface area contributed by atoms with E-state index in [1.165, 1.54) is 23.4 Å². The third-order valence-electron chi connectivity index (χ3n) is 4.20. The summed E-state index contributed by atoms with van der Waals surface area (Å²) >= 11 is 0. The molecule has 7 nitrogen and oxygen atoms in total. The molecular formula is C18H19N5O2. The Morgan fingerprint density at radius 3 is 2.64 bits per heavy atom. The summed E-state index contributed by atoms with van der Waals surface area (Å²) in [5.41, 5.74) is 0.736. The Hall–Kier alpha value is -3.01. The number of Topliss-reactive ketones (excluding diaryl/α,β-unsaturated/α-hetero) is 1. The molecule has 1 saturated heterocycles. The standard InChI is InChI=1S/C18H19N5O2/c19-11-15-5-4-14(12-20-15)10-16(24)13-23-18(25)7-6-17(21-23)22-8-2-1-3-9-22/h4-7,12H,1-3,8-10,13H2. The lowest BCUT2D eigenvalue weighted by atomic mass is 10.1. The predicted molar refractivity (Wildman–Crippen MR) is 92.2 cm³/mol. The first-order valence-corrected chi connectivity index (χ1v) is 8.35. The van der Waals surface area contributed by atoms with Gasteiger partial charge >= 0.3 is 0 Å². The largest absolute Gasteiger partial charge is 0.355 e. The Labute approximate surface area is 145 Å². The van der Waals surface area contributed by atoms with Gasteiger partial charge in [0.2, 0.25) is 0 Å². The normalized spacial score (nSPS) is 14.1. The minimum atomic E-state index is -0.285. The maximum atomic E-state index is 12.3. The zero-order valence-electron chi connectivity index (χ0n) is 13.9. The highest BCUT2D eigenvalue weighted by Crippen LogP contribution is 2.15. The molecule has 0 N–H and O–H groups in total. The van der Waals surface area contributed by atoms with Crippen molar-refractivity contribution in [2.24, 2.45) is 0 Å². The van der Waals surface area contributed by atoms with Crippen molar-refractivity contribution in [2.45, 2.75) is 32.2 Å². The third kappa shape index (κ3) is 4.29. The van der Waals surface area contributed by atoms with Crippen LogP contribution < -0.4 is 10.5 Å². The molecule has 0 atom stereocenters. The van der Waals surface area contributed by atoms with Crippen LogP contribution in [0.2, 0.25) is 0 Å². The van der Waals surface area contributed by atoms with E-state index in [0.717, 1.165) is 31.7 Å². The Kier molecular flexibility index (Phi) is 5.19. The summed E-state index contributed by atoms with van der Waals surface area (Å²) in [4.78, 5) is 30.4. The number of nitrogens with zero attached hydrogens (tertiary/aromatic N) is 5. The topological polar surface area (TPSA) is 91.9 Å². The van der Waals surface area contributed by atoms with Crippen molar-refractivity contribution in [3.8, 4) is 6.07 Å². The molecule has 0 radical (unpaired) electrons. The lowest BCUT2D eigenvalue weighted by Crippen LogP contribution is -2.34. The third-order valence-corrected chi connectivity index (χ3v) is 4.20. The van der Waals surface area contributed by atoms with E-state index in [4.69, 9.17) is 5.26 Å². The number of pyridine rings is 1. The van der Waals surface area contributed by atoms with Crippen molar-refractivity contribution < 1.29 is 4.79 Å². The highest BCUT2D eigenvalue weighted by atomic mass is 16.1. The number of piperidine rings is 1. The van der Waals surface area contributed by atoms with E-state index in [1.807, 2.05) is 6.07 Å². The van der Waals surface area contributed by atoms with Gasteiger partial charge in [0.25, 0.3) is 5.56 Å². The summed E-state index contributed by atoms with van der Waals surface area (Å²) in [6, 6.07) is 8.39. The van der Waals surface area contributed by atoms with Crippen LogP contribution in [-0.4, -0.2) is 33.6 Å². The molecule has 3 rings (SSSR count). The first-order valence-electron chi connectivity index (χ1n) is 8.35. The Bertz CT molecular complexity index is 845. The van der Waals surface area contributed by atoms with Crippen molar-refractivity contribution in [1.82, 2.24) is 14.8 Å². The van der Waals surface area contributed by atoms with Crippen LogP contribution in [0.5, 0.6) is 0 Å². The van der Waals surface area contributed by atoms with E-state index < -0.39 is 0 Å². The average Bonchev–Trinajstić information content (AvgIpc) is 2.65. The first kappa shape index (κ1) is 16.8. The van der Waals surface area contributed by atoms with E-state index >= 15 is 0 Å². The van der Waals surface area contributed by atoms with Crippen LogP contribution in [0.25, 0.3) is 0 Å². The summed E-state index contributed by atoms with van der Waals surface area (Å²) in [6.07, 6.45) is 5.11. The second-order valence-corrected chi connectivity index (χ2v) is 6.11. The minimum absolute atomic E-state index is 0.0689. The number of aromatic nitrogens is 3. The van der Waals surface area contributed by atoms with E-state index in [0.29, 0.717) is 11.3 Å². The Morgan fingerprint density at radius 1 is 1.16 bits per heavy atom. The lowest BCUT2D eigenvalue weighted by Gasteiger charge is -2.27. The van der Waals surface area contributed by atoms with Gasteiger partial charge in [0, 0.05) is 31.8 Å². The summed E-state index contributed by atoms with van der Waals surface area (Å²) in [5, 5.41) is 13.1. The molecule has 1 aliphatic heterocycles. The molecule has 0 saturated carbocycles. The molecule has 0 amide bonds. The molecular weight excluding hydrogens is 318 g/mol. The summed E-state index contributed by atoms with van der Waals surface area (Å²) < 4.78 is 1.23. The second kappa shape index (κ2) is 7.71. The molecule has 0 spiro atoms. The Morgan fingerprint density at radius 2 is 1.96 bits per heavy atom. The van der Waals surface area contributed by atoms with Gasteiger partial charge in [-0.05, 0) is 37.0 Å². The number of nitriles is 1. The minimum Gasteiger partial charge on any atom is -0.355 e. The molecule has 128 valence electrons. The number of carbonyl (C=O) groups is 1. The highest BCUT2D eigenvalue weighted by molar-refractivity contribution is 5.80. The van der Waals surface area contributed by atoms with E-state index in [-0.39, 0.29) is 24.3 Å². The average molecular weight is 337 g/mol. The zero-order valence-corrected chi connectivity index (χ0v) is 13.9. The van der Waals surface area contributed by atoms with Gasteiger partial charge in [-0.2, -0.15) is 10.4 Å². The molecule has 0 aromatic carbocycles. The maximum absolute atomic E-state index is 12.3. The smallest absolute Gasteiger partial charge is 0.267 e. The van der Waals surface area contributed by atoms with Crippen molar-refractivity contribution in [3.05, 3.63) is 52.1 Å². The molecule has 7 heteroatoms. The molecule has 2 aromatic rings. The number of carbonyl (C=O) groups excluding carboxylic acids is 1. The number of anilines is 1. The monoisotopic (exact) mass is 337 g/mol. The van der Waals surface area contributed by atoms with Crippen molar-refractivity contribution in [2.75, 3.05) is 18.0 Å². The molecule has 3 heterocycles. The van der Waals surface area contributed by atoms with Crippen LogP contribution in [-0.2, 0) is 17.8 Å². The predicted octanol–water partition coefficient (Wildman–Crippen LogP) is 1.31. The van der Waals surface area contributed by atoms with Crippen LogP contribution in [0.1, 0.15) is 30.5 Å². The summed E-state index contributed by atoms with van der Waals surface area (Å²) in [7, 11) is 0. The van der Waals surface area contributed by atoms with Gasteiger partial charge in [-0.3, -0.25) is 9.59 Å². The van der Waals surface area contributed by atoms with Crippen LogP contribution in [0.15, 0.2) is 35.3 Å². The molecule has 0 aliphatic carbocycles. The first-order chi connectivity index (χ1) is 12.2. The van der Waals surface area contributed by atoms with Crippen molar-refractivity contribution >= 4 is 11.6 Å². The van der Waals surface area contributed by atoms with Gasteiger partial charge in [-0.1, -0.05) is 6.07 Å². The second-order valence-electron chi connectivity index (χ2n) is 6.11. The van der Waals surface area contributed by atoms with Crippen LogP contribution in [0, 0.1) is 11.3 Å². The van der Waals surface area contributed by atoms with Gasteiger partial charge in [-0.15, -0.1) is 0 Å². The Balaban J connectivity index is 1.69. The molecule has 0 unspecified atom stereocenters. The number of hydrogen-bond donors (Lipinski definition) is 0. The van der Waals surface area contributed by atoms with Crippen LogP contribution in [0.4, 0.5) is 5.82 Å². The fraction of sp³-hybridized carbons (Fsp3) is 0.389. The quantitative estimate of drug-likeness (QED) is 0.817. The maximum Gasteiger partial charge on any atom is 0.267 e. The summed E-state index contributed by atoms with van der Waals surface area (Å²) in [5.74, 6) is 0.615. The van der Waals surface area contributed by atoms with E-state index in [9.17, 15) is 9.59 Å². The fourth-order valence-corrected chi connectivity index (χ4v) is 2.89. The van der Waals surface area contributed by atoms with Gasteiger partial charge in [0.05, 0.1) is 0 Å². The van der Waals surface area contributed by atoms with E-state index in [2.05, 4.69) is 15.0 Å². The van der Waals surface area contributed by atoms with E-state index in [1.54, 1.807) is 18.2 Å². The van der Waals surface area contributed by atoms with Crippen molar-refractivity contribution in [3.63, 3.8) is 0 Å². The SMILES string of the molecule is N#Cc1ccc(CC(=O)Cn2nc(N3CCCCC3)ccc2=O)cn1. The molecule has 1 fully saturated rings. The van der Waals surface area contributed by atoms with Crippen LogP contribution in [0.3, 0.4) is 0 Å². The summed E-state index contributed by atoms with van der Waals surface area (Å²) in [6.45, 7) is 1.78. The van der Waals surface area contributed by atoms with Gasteiger partial charge in [0.1, 0.15) is 24.1 Å². The molecule has 2 aromatic heterocycles. The number of hydrogen-bond acceptors (Lipinski definition) is 6. The van der Waals surface area contributed by atoms with Gasteiger partial charge < -0.3 is 4.90 Å². The zero-order chi connectivity index (χ0) is 17.6. The van der Waals surface area contributed by atoms with Crippen molar-refractivity contribution in [1.29, 1.82) is 5.26 Å². The van der Waals surface area contributed by atoms with Crippen LogP contribution >= 0.6 is 0 Å². The van der Waals surface area contributed by atoms with Gasteiger partial charge in [0.15, 0.2) is 5.78 Å². The molecule has 25 heavy (non-hydrogen) atoms. The number of rotatable bonds is 5. The molecule has 1 aliphatic rings.